The molecule has 1 fully saturated rings. The molecule has 4 rings (SSSR count). The summed E-state index contributed by atoms with van der Waals surface area (Å²) in [6.45, 7) is 6.29. The maximum atomic E-state index is 15.0. The standard InChI is InChI=1S/C24H25ClFN5O/c1-14-9-23(28-11-20(14)25)31(12-18-10-27-16(3)29-15(18)2)13-19-21(26)5-4-6-22(19)30-24(32)17-7-8-17/h4-6,9-11,17H,7-8,12-13H2,1-3H3,(H,30,32). The number of aromatic nitrogens is 3. The maximum Gasteiger partial charge on any atom is 0.227 e. The molecule has 2 aromatic heterocycles. The third-order valence-corrected chi connectivity index (χ3v) is 5.99. The average Bonchev–Trinajstić information content (AvgIpc) is 3.59. The summed E-state index contributed by atoms with van der Waals surface area (Å²) in [5, 5.41) is 3.46. The first-order valence-electron chi connectivity index (χ1n) is 10.6. The molecule has 8 heteroatoms. The third kappa shape index (κ3) is 5.05. The molecule has 32 heavy (non-hydrogen) atoms. The number of nitrogens with one attached hydrogen (secondary N) is 1. The lowest BCUT2D eigenvalue weighted by molar-refractivity contribution is -0.117. The van der Waals surface area contributed by atoms with E-state index in [-0.39, 0.29) is 24.2 Å². The number of aryl methyl sites for hydroxylation is 3. The molecule has 2 heterocycles. The zero-order chi connectivity index (χ0) is 22.8. The van der Waals surface area contributed by atoms with Crippen LogP contribution in [0.3, 0.4) is 0 Å². The Morgan fingerprint density at radius 1 is 1.19 bits per heavy atom. The molecule has 1 aromatic carbocycles. The monoisotopic (exact) mass is 453 g/mol. The number of rotatable bonds is 7. The van der Waals surface area contributed by atoms with E-state index in [0.29, 0.717) is 34.5 Å². The molecule has 0 aliphatic heterocycles. The Morgan fingerprint density at radius 3 is 2.66 bits per heavy atom. The van der Waals surface area contributed by atoms with E-state index >= 15 is 0 Å². The summed E-state index contributed by atoms with van der Waals surface area (Å²) in [7, 11) is 0. The van der Waals surface area contributed by atoms with Crippen LogP contribution >= 0.6 is 11.6 Å². The van der Waals surface area contributed by atoms with Gasteiger partial charge in [0.1, 0.15) is 17.5 Å². The zero-order valence-electron chi connectivity index (χ0n) is 18.3. The summed E-state index contributed by atoms with van der Waals surface area (Å²) in [5.41, 5.74) is 3.51. The Bertz CT molecular complexity index is 1170. The van der Waals surface area contributed by atoms with Gasteiger partial charge in [-0.2, -0.15) is 0 Å². The predicted molar refractivity (Wildman–Crippen MR) is 123 cm³/mol. The number of nitrogens with zero attached hydrogens (tertiary/aromatic N) is 4. The largest absolute Gasteiger partial charge is 0.348 e. The summed E-state index contributed by atoms with van der Waals surface area (Å²) < 4.78 is 15.0. The van der Waals surface area contributed by atoms with Gasteiger partial charge in [-0.15, -0.1) is 0 Å². The molecular formula is C24H25ClFN5O. The van der Waals surface area contributed by atoms with Crippen LogP contribution in [0, 0.1) is 32.5 Å². The molecule has 1 N–H and O–H groups in total. The van der Waals surface area contributed by atoms with Crippen molar-refractivity contribution in [2.75, 3.05) is 10.2 Å². The fourth-order valence-electron chi connectivity index (χ4n) is 3.49. The first-order chi connectivity index (χ1) is 15.3. The van der Waals surface area contributed by atoms with Gasteiger partial charge >= 0.3 is 0 Å². The number of hydrogen-bond donors (Lipinski definition) is 1. The van der Waals surface area contributed by atoms with E-state index < -0.39 is 0 Å². The van der Waals surface area contributed by atoms with Crippen molar-refractivity contribution in [2.24, 2.45) is 5.92 Å². The molecule has 1 amide bonds. The van der Waals surface area contributed by atoms with Gasteiger partial charge in [-0.3, -0.25) is 4.79 Å². The highest BCUT2D eigenvalue weighted by atomic mass is 35.5. The molecule has 6 nitrogen and oxygen atoms in total. The number of pyridine rings is 1. The lowest BCUT2D eigenvalue weighted by Gasteiger charge is -2.26. The van der Waals surface area contributed by atoms with Crippen LogP contribution < -0.4 is 10.2 Å². The normalized spacial score (nSPS) is 13.2. The van der Waals surface area contributed by atoms with Crippen LogP contribution in [-0.4, -0.2) is 20.9 Å². The SMILES string of the molecule is Cc1ncc(CN(Cc2c(F)cccc2NC(=O)C2CC2)c2cc(C)c(Cl)cn2)c(C)n1. The second-order valence-corrected chi connectivity index (χ2v) is 8.61. The smallest absolute Gasteiger partial charge is 0.227 e. The zero-order valence-corrected chi connectivity index (χ0v) is 19.1. The van der Waals surface area contributed by atoms with Crippen molar-refractivity contribution in [3.8, 4) is 0 Å². The van der Waals surface area contributed by atoms with Crippen molar-refractivity contribution in [1.29, 1.82) is 0 Å². The summed E-state index contributed by atoms with van der Waals surface area (Å²) in [6, 6.07) is 6.61. The van der Waals surface area contributed by atoms with Crippen LogP contribution in [0.2, 0.25) is 5.02 Å². The number of amides is 1. The minimum Gasteiger partial charge on any atom is -0.348 e. The fraction of sp³-hybridized carbons (Fsp3) is 0.333. The van der Waals surface area contributed by atoms with Crippen LogP contribution in [0.15, 0.2) is 36.7 Å². The van der Waals surface area contributed by atoms with Gasteiger partial charge in [-0.25, -0.2) is 19.3 Å². The number of carbonyl (C=O) groups is 1. The van der Waals surface area contributed by atoms with Crippen molar-refractivity contribution >= 4 is 29.0 Å². The molecule has 0 atom stereocenters. The van der Waals surface area contributed by atoms with Crippen molar-refractivity contribution < 1.29 is 9.18 Å². The molecule has 1 aliphatic rings. The maximum absolute atomic E-state index is 15.0. The van der Waals surface area contributed by atoms with Crippen molar-refractivity contribution in [1.82, 2.24) is 15.0 Å². The molecule has 0 bridgehead atoms. The Kier molecular flexibility index (Phi) is 6.37. The predicted octanol–water partition coefficient (Wildman–Crippen LogP) is 5.14. The Morgan fingerprint density at radius 2 is 1.97 bits per heavy atom. The van der Waals surface area contributed by atoms with Gasteiger partial charge in [0.15, 0.2) is 0 Å². The minimum atomic E-state index is -0.383. The van der Waals surface area contributed by atoms with Gasteiger partial charge in [0.05, 0.1) is 5.02 Å². The average molecular weight is 454 g/mol. The van der Waals surface area contributed by atoms with Crippen molar-refractivity contribution in [3.05, 3.63) is 75.7 Å². The van der Waals surface area contributed by atoms with Gasteiger partial charge in [0, 0.05) is 53.9 Å². The summed E-state index contributed by atoms with van der Waals surface area (Å²) in [6.07, 6.45) is 5.13. The molecule has 0 spiro atoms. The quantitative estimate of drug-likeness (QED) is 0.536. The van der Waals surface area contributed by atoms with E-state index in [2.05, 4.69) is 20.3 Å². The molecule has 3 aromatic rings. The Hall–Kier alpha value is -3.06. The number of hydrogen-bond acceptors (Lipinski definition) is 5. The van der Waals surface area contributed by atoms with Crippen LogP contribution in [0.4, 0.5) is 15.9 Å². The number of halogens is 2. The lowest BCUT2D eigenvalue weighted by atomic mass is 10.1. The van der Waals surface area contributed by atoms with Gasteiger partial charge in [0.25, 0.3) is 0 Å². The van der Waals surface area contributed by atoms with Crippen LogP contribution in [-0.2, 0) is 17.9 Å². The van der Waals surface area contributed by atoms with Gasteiger partial charge < -0.3 is 10.2 Å². The number of benzene rings is 1. The van der Waals surface area contributed by atoms with E-state index in [1.54, 1.807) is 24.5 Å². The molecule has 0 saturated heterocycles. The van der Waals surface area contributed by atoms with E-state index in [4.69, 9.17) is 11.6 Å². The summed E-state index contributed by atoms with van der Waals surface area (Å²) >= 11 is 6.18. The highest BCUT2D eigenvalue weighted by molar-refractivity contribution is 6.31. The van der Waals surface area contributed by atoms with E-state index in [1.807, 2.05) is 31.7 Å². The van der Waals surface area contributed by atoms with Crippen LogP contribution in [0.25, 0.3) is 0 Å². The van der Waals surface area contributed by atoms with Crippen LogP contribution in [0.5, 0.6) is 0 Å². The third-order valence-electron chi connectivity index (χ3n) is 5.59. The minimum absolute atomic E-state index is 0.0233. The van der Waals surface area contributed by atoms with E-state index in [0.717, 1.165) is 29.7 Å². The summed E-state index contributed by atoms with van der Waals surface area (Å²) in [4.78, 5) is 27.5. The van der Waals surface area contributed by atoms with Crippen LogP contribution in [0.1, 0.15) is 41.1 Å². The van der Waals surface area contributed by atoms with Gasteiger partial charge in [-0.1, -0.05) is 17.7 Å². The van der Waals surface area contributed by atoms with Crippen molar-refractivity contribution in [3.63, 3.8) is 0 Å². The van der Waals surface area contributed by atoms with Gasteiger partial charge in [-0.05, 0) is 57.4 Å². The molecular weight excluding hydrogens is 429 g/mol. The second kappa shape index (κ2) is 9.20. The van der Waals surface area contributed by atoms with Gasteiger partial charge in [0.2, 0.25) is 5.91 Å². The highest BCUT2D eigenvalue weighted by Crippen LogP contribution is 2.32. The highest BCUT2D eigenvalue weighted by Gasteiger charge is 2.30. The Labute approximate surface area is 191 Å². The first kappa shape index (κ1) is 22.1. The molecule has 166 valence electrons. The lowest BCUT2D eigenvalue weighted by Crippen LogP contribution is -2.26. The molecule has 1 saturated carbocycles. The van der Waals surface area contributed by atoms with E-state index in [9.17, 15) is 9.18 Å². The fourth-order valence-corrected chi connectivity index (χ4v) is 3.60. The Balaban J connectivity index is 1.70. The van der Waals surface area contributed by atoms with Crippen molar-refractivity contribution in [2.45, 2.75) is 46.7 Å². The second-order valence-electron chi connectivity index (χ2n) is 8.21. The molecule has 0 unspecified atom stereocenters. The van der Waals surface area contributed by atoms with E-state index in [1.165, 1.54) is 6.07 Å². The number of anilines is 2. The molecule has 1 aliphatic carbocycles. The molecule has 0 radical (unpaired) electrons. The number of carbonyl (C=O) groups excluding carboxylic acids is 1. The summed E-state index contributed by atoms with van der Waals surface area (Å²) in [5.74, 6) is 0.917. The topological polar surface area (TPSA) is 71.0 Å². The first-order valence-corrected chi connectivity index (χ1v) is 10.9.